The van der Waals surface area contributed by atoms with E-state index in [-0.39, 0.29) is 19.3 Å². The largest absolute Gasteiger partial charge is 0.550 e. The van der Waals surface area contributed by atoms with Gasteiger partial charge in [0.05, 0.1) is 39.0 Å². The fourth-order valence-corrected chi connectivity index (χ4v) is 3.71. The Bertz CT molecular complexity index is 453. The zero-order chi connectivity index (χ0) is 22.0. The first-order valence-corrected chi connectivity index (χ1v) is 10.9. The number of carboxylic acid groups (broad SMARTS) is 3. The van der Waals surface area contributed by atoms with E-state index in [1.807, 2.05) is 0 Å². The molecular formula is C22H39NO6. The summed E-state index contributed by atoms with van der Waals surface area (Å²) in [5.74, 6) is -2.77. The van der Waals surface area contributed by atoms with Gasteiger partial charge < -0.3 is 24.6 Å². The predicted molar refractivity (Wildman–Crippen MR) is 110 cm³/mol. The maximum Gasteiger partial charge on any atom is 0.303 e. The lowest BCUT2D eigenvalue weighted by Crippen LogP contribution is -2.51. The number of carboxylic acids is 3. The number of rotatable bonds is 20. The molecule has 29 heavy (non-hydrogen) atoms. The van der Waals surface area contributed by atoms with Gasteiger partial charge in [-0.1, -0.05) is 25.5 Å². The molecule has 0 aliphatic rings. The maximum absolute atomic E-state index is 10.9. The van der Waals surface area contributed by atoms with Crippen LogP contribution in [0.15, 0.2) is 12.2 Å². The lowest BCUT2D eigenvalue weighted by molar-refractivity contribution is -0.929. The molecule has 0 spiro atoms. The summed E-state index contributed by atoms with van der Waals surface area (Å²) >= 11 is 0. The number of aliphatic carboxylic acids is 3. The van der Waals surface area contributed by atoms with Crippen LogP contribution in [-0.2, 0) is 14.4 Å². The van der Waals surface area contributed by atoms with E-state index in [1.165, 1.54) is 0 Å². The van der Waals surface area contributed by atoms with Crippen molar-refractivity contribution < 1.29 is 34.2 Å². The molecule has 0 saturated carbocycles. The summed E-state index contributed by atoms with van der Waals surface area (Å²) in [7, 11) is 0. The molecule has 0 fully saturated rings. The second-order valence-electron chi connectivity index (χ2n) is 7.79. The Morgan fingerprint density at radius 3 is 1.69 bits per heavy atom. The second kappa shape index (κ2) is 17.0. The molecule has 0 radical (unpaired) electrons. The highest BCUT2D eigenvalue weighted by molar-refractivity contribution is 5.66. The Balaban J connectivity index is 4.78. The number of quaternary nitrogens is 1. The van der Waals surface area contributed by atoms with E-state index >= 15 is 0 Å². The van der Waals surface area contributed by atoms with E-state index in [4.69, 9.17) is 10.2 Å². The molecule has 7 nitrogen and oxygen atoms in total. The topological polar surface area (TPSA) is 115 Å². The van der Waals surface area contributed by atoms with Crippen LogP contribution in [0.25, 0.3) is 0 Å². The minimum Gasteiger partial charge on any atom is -0.550 e. The van der Waals surface area contributed by atoms with Crippen LogP contribution in [0.2, 0.25) is 0 Å². The van der Waals surface area contributed by atoms with E-state index in [2.05, 4.69) is 19.1 Å². The first-order chi connectivity index (χ1) is 13.8. The maximum atomic E-state index is 10.9. The standard InChI is InChI=1S/C22H39NO6/c1-2-3-4-5-6-7-8-9-16-23(17-10-13-20(24)25,18-11-14-21(26)27)19-12-15-22(28)29/h3-4H,2,5-19H2,1H3,(H2-,24,25,26,27,28,29)/b4-3+. The number of carbonyl (C=O) groups excluding carboxylic acids is 1. The van der Waals surface area contributed by atoms with Crippen molar-refractivity contribution in [3.8, 4) is 0 Å². The number of unbranched alkanes of at least 4 members (excludes halogenated alkanes) is 4. The first kappa shape index (κ1) is 27.1. The highest BCUT2D eigenvalue weighted by atomic mass is 16.4. The Labute approximate surface area is 175 Å². The first-order valence-electron chi connectivity index (χ1n) is 10.9. The molecule has 0 unspecified atom stereocenters. The Kier molecular flexibility index (Phi) is 15.9. The summed E-state index contributed by atoms with van der Waals surface area (Å²) in [6.45, 7) is 4.84. The highest BCUT2D eigenvalue weighted by Gasteiger charge is 2.26. The quantitative estimate of drug-likeness (QED) is 0.180. The van der Waals surface area contributed by atoms with Crippen LogP contribution in [0.1, 0.15) is 84.0 Å². The predicted octanol–water partition coefficient (Wildman–Crippen LogP) is 2.98. The lowest BCUT2D eigenvalue weighted by atomic mass is 10.1. The summed E-state index contributed by atoms with van der Waals surface area (Å²) in [5, 5.41) is 28.8. The van der Waals surface area contributed by atoms with Crippen molar-refractivity contribution in [1.29, 1.82) is 0 Å². The van der Waals surface area contributed by atoms with Gasteiger partial charge in [-0.25, -0.2) is 0 Å². The molecule has 2 N–H and O–H groups in total. The fraction of sp³-hybridized carbons (Fsp3) is 0.773. The van der Waals surface area contributed by atoms with E-state index in [1.54, 1.807) is 0 Å². The van der Waals surface area contributed by atoms with Gasteiger partial charge in [-0.15, -0.1) is 0 Å². The molecule has 0 bridgehead atoms. The Hall–Kier alpha value is -1.89. The monoisotopic (exact) mass is 413 g/mol. The number of nitrogens with zero attached hydrogens (tertiary/aromatic N) is 1. The number of carbonyl (C=O) groups is 3. The minimum absolute atomic E-state index is 0.0262. The van der Waals surface area contributed by atoms with Crippen LogP contribution in [-0.4, -0.2) is 58.8 Å². The average Bonchev–Trinajstić information content (AvgIpc) is 2.63. The molecule has 0 aliphatic heterocycles. The van der Waals surface area contributed by atoms with Crippen molar-refractivity contribution in [1.82, 2.24) is 0 Å². The molecule has 0 atom stereocenters. The number of hydrogen-bond donors (Lipinski definition) is 2. The van der Waals surface area contributed by atoms with Gasteiger partial charge in [0.15, 0.2) is 0 Å². The van der Waals surface area contributed by atoms with Crippen molar-refractivity contribution in [2.24, 2.45) is 0 Å². The van der Waals surface area contributed by atoms with Crippen LogP contribution in [0, 0.1) is 0 Å². The number of allylic oxidation sites excluding steroid dienone is 2. The van der Waals surface area contributed by atoms with Crippen LogP contribution in [0.3, 0.4) is 0 Å². The fourth-order valence-electron chi connectivity index (χ4n) is 3.71. The third-order valence-corrected chi connectivity index (χ3v) is 5.22. The van der Waals surface area contributed by atoms with E-state index in [9.17, 15) is 19.5 Å². The lowest BCUT2D eigenvalue weighted by Gasteiger charge is -2.39. The Morgan fingerprint density at radius 1 is 0.724 bits per heavy atom. The van der Waals surface area contributed by atoms with Gasteiger partial charge in [-0.2, -0.15) is 0 Å². The third kappa shape index (κ3) is 16.7. The molecular weight excluding hydrogens is 374 g/mol. The molecule has 0 rings (SSSR count). The molecule has 0 aromatic heterocycles. The zero-order valence-corrected chi connectivity index (χ0v) is 17.9. The van der Waals surface area contributed by atoms with Crippen LogP contribution < -0.4 is 5.11 Å². The molecule has 7 heteroatoms. The van der Waals surface area contributed by atoms with E-state index < -0.39 is 17.9 Å². The van der Waals surface area contributed by atoms with Gasteiger partial charge >= 0.3 is 11.9 Å². The van der Waals surface area contributed by atoms with Gasteiger partial charge in [0, 0.05) is 25.2 Å². The van der Waals surface area contributed by atoms with Gasteiger partial charge in [-0.05, 0) is 38.5 Å². The highest BCUT2D eigenvalue weighted by Crippen LogP contribution is 2.18. The minimum atomic E-state index is -1.08. The summed E-state index contributed by atoms with van der Waals surface area (Å²) in [6.07, 6.45) is 12.4. The van der Waals surface area contributed by atoms with Gasteiger partial charge in [-0.3, -0.25) is 9.59 Å². The normalized spacial score (nSPS) is 11.8. The number of hydrogen-bond acceptors (Lipinski definition) is 4. The van der Waals surface area contributed by atoms with Gasteiger partial charge in [0.25, 0.3) is 0 Å². The molecule has 0 aromatic rings. The van der Waals surface area contributed by atoms with Crippen molar-refractivity contribution in [3.05, 3.63) is 12.2 Å². The van der Waals surface area contributed by atoms with Gasteiger partial charge in [0.2, 0.25) is 0 Å². The summed E-state index contributed by atoms with van der Waals surface area (Å²) < 4.78 is 0.601. The molecule has 0 saturated heterocycles. The van der Waals surface area contributed by atoms with Crippen LogP contribution >= 0.6 is 0 Å². The van der Waals surface area contributed by atoms with Crippen molar-refractivity contribution in [3.63, 3.8) is 0 Å². The Morgan fingerprint density at radius 2 is 1.21 bits per heavy atom. The smallest absolute Gasteiger partial charge is 0.303 e. The molecule has 0 aliphatic carbocycles. The molecule has 0 heterocycles. The van der Waals surface area contributed by atoms with E-state index in [0.717, 1.165) is 45.1 Å². The zero-order valence-electron chi connectivity index (χ0n) is 17.9. The molecule has 0 aromatic carbocycles. The van der Waals surface area contributed by atoms with E-state index in [0.29, 0.717) is 43.4 Å². The van der Waals surface area contributed by atoms with Gasteiger partial charge in [0.1, 0.15) is 0 Å². The summed E-state index contributed by atoms with van der Waals surface area (Å²) in [6, 6.07) is 0. The molecule has 0 amide bonds. The average molecular weight is 414 g/mol. The third-order valence-electron chi connectivity index (χ3n) is 5.22. The van der Waals surface area contributed by atoms with Crippen molar-refractivity contribution in [2.45, 2.75) is 84.0 Å². The summed E-state index contributed by atoms with van der Waals surface area (Å²) in [4.78, 5) is 32.7. The summed E-state index contributed by atoms with van der Waals surface area (Å²) in [5.41, 5.74) is 0. The second-order valence-corrected chi connectivity index (χ2v) is 7.79. The molecule has 168 valence electrons. The van der Waals surface area contributed by atoms with Crippen LogP contribution in [0.4, 0.5) is 0 Å². The van der Waals surface area contributed by atoms with Crippen LogP contribution in [0.5, 0.6) is 0 Å². The van der Waals surface area contributed by atoms with Crippen molar-refractivity contribution >= 4 is 17.9 Å². The SMILES string of the molecule is CC/C=C/CCCCCC[N+](CCCC(=O)[O-])(CCCC(=O)O)CCCC(=O)O. The van der Waals surface area contributed by atoms with Crippen molar-refractivity contribution in [2.75, 3.05) is 26.2 Å².